The van der Waals surface area contributed by atoms with Gasteiger partial charge in [-0.2, -0.15) is 0 Å². The van der Waals surface area contributed by atoms with Gasteiger partial charge in [-0.15, -0.1) is 0 Å². The van der Waals surface area contributed by atoms with Gasteiger partial charge < -0.3 is 10.8 Å². The van der Waals surface area contributed by atoms with Gasteiger partial charge in [0.2, 0.25) is 0 Å². The van der Waals surface area contributed by atoms with Crippen molar-refractivity contribution in [3.63, 3.8) is 0 Å². The molecule has 0 aliphatic carbocycles. The first-order valence-electron chi connectivity index (χ1n) is 2.83. The number of rotatable bonds is 5. The smallest absolute Gasteiger partial charge is 0.173 e. The Labute approximate surface area is 54.1 Å². The van der Waals surface area contributed by atoms with Crippen LogP contribution in [0.3, 0.4) is 0 Å². The van der Waals surface area contributed by atoms with Crippen molar-refractivity contribution in [2.24, 2.45) is 0 Å². The molecule has 0 aliphatic rings. The first-order chi connectivity index (χ1) is 4.31. The van der Waals surface area contributed by atoms with E-state index in [0.717, 1.165) is 6.21 Å². The number of unbranched alkanes of at least 4 members (excludes halogenated alkanes) is 1. The minimum absolute atomic E-state index is 0.156. The molecule has 0 amide bonds. The predicted octanol–water partition coefficient (Wildman–Crippen LogP) is 1.02. The lowest BCUT2D eigenvalue weighted by atomic mass is 10.2. The average molecular weight is 126 g/mol. The van der Waals surface area contributed by atoms with Crippen molar-refractivity contribution >= 4 is 18.2 Å². The van der Waals surface area contributed by atoms with Gasteiger partial charge in [0.05, 0.1) is 6.21 Å². The van der Waals surface area contributed by atoms with Crippen molar-refractivity contribution in [3.05, 3.63) is 0 Å². The zero-order chi connectivity index (χ0) is 7.11. The summed E-state index contributed by atoms with van der Waals surface area (Å²) in [5.74, 6) is -0.156. The normalized spacial score (nSPS) is 8.44. The highest BCUT2D eigenvalue weighted by atomic mass is 16.1. The van der Waals surface area contributed by atoms with Gasteiger partial charge >= 0.3 is 0 Å². The fourth-order valence-electron chi connectivity index (χ4n) is 0.451. The van der Waals surface area contributed by atoms with E-state index in [1.54, 1.807) is 0 Å². The highest BCUT2D eigenvalue weighted by Gasteiger charge is 1.93. The molecule has 50 valence electrons. The maximum atomic E-state index is 10.4. The second-order valence-electron chi connectivity index (χ2n) is 1.71. The van der Waals surface area contributed by atoms with E-state index in [2.05, 4.69) is 0 Å². The van der Waals surface area contributed by atoms with Crippen LogP contribution in [0.2, 0.25) is 0 Å². The van der Waals surface area contributed by atoms with Crippen molar-refractivity contribution in [3.8, 4) is 0 Å². The molecule has 0 unspecified atom stereocenters. The number of ketones is 1. The highest BCUT2D eigenvalue weighted by Crippen LogP contribution is 1.91. The molecule has 0 rings (SSSR count). The van der Waals surface area contributed by atoms with Crippen LogP contribution in [-0.2, 0) is 4.79 Å². The van der Waals surface area contributed by atoms with E-state index in [1.165, 1.54) is 6.21 Å². The van der Waals surface area contributed by atoms with Gasteiger partial charge in [0.25, 0.3) is 0 Å². The average Bonchev–Trinajstić information content (AvgIpc) is 1.89. The molecule has 0 bridgehead atoms. The molecular formula is C6H10N2O. The minimum atomic E-state index is -0.156. The molecule has 0 aromatic rings. The Balaban J connectivity index is 3.16. The Hall–Kier alpha value is -0.990. The summed E-state index contributed by atoms with van der Waals surface area (Å²) in [5, 5.41) is 13.1. The van der Waals surface area contributed by atoms with Crippen molar-refractivity contribution in [1.82, 2.24) is 0 Å². The van der Waals surface area contributed by atoms with E-state index >= 15 is 0 Å². The number of carbonyl (C=O) groups is 1. The molecule has 0 spiro atoms. The maximum Gasteiger partial charge on any atom is 0.173 e. The lowest BCUT2D eigenvalue weighted by molar-refractivity contribution is -0.112. The zero-order valence-corrected chi connectivity index (χ0v) is 5.18. The Bertz CT molecular complexity index is 120. The molecule has 3 heteroatoms. The third-order valence-electron chi connectivity index (χ3n) is 0.933. The van der Waals surface area contributed by atoms with Crippen molar-refractivity contribution in [2.45, 2.75) is 19.3 Å². The molecule has 0 atom stereocenters. The number of nitrogens with one attached hydrogen (secondary N) is 2. The van der Waals surface area contributed by atoms with Crippen LogP contribution in [0.1, 0.15) is 19.3 Å². The maximum absolute atomic E-state index is 10.4. The zero-order valence-electron chi connectivity index (χ0n) is 5.18. The van der Waals surface area contributed by atoms with Crippen LogP contribution in [-0.4, -0.2) is 18.2 Å². The van der Waals surface area contributed by atoms with Crippen molar-refractivity contribution < 1.29 is 4.79 Å². The predicted molar refractivity (Wildman–Crippen MR) is 36.4 cm³/mol. The van der Waals surface area contributed by atoms with Gasteiger partial charge in [-0.1, -0.05) is 0 Å². The molecule has 3 nitrogen and oxygen atoms in total. The molecule has 9 heavy (non-hydrogen) atoms. The van der Waals surface area contributed by atoms with Crippen LogP contribution in [0, 0.1) is 10.8 Å². The van der Waals surface area contributed by atoms with Gasteiger partial charge in [0.15, 0.2) is 5.78 Å². The van der Waals surface area contributed by atoms with Gasteiger partial charge in [-0.25, -0.2) is 0 Å². The Morgan fingerprint density at radius 3 is 2.56 bits per heavy atom. The first-order valence-corrected chi connectivity index (χ1v) is 2.83. The topological polar surface area (TPSA) is 64.8 Å². The monoisotopic (exact) mass is 126 g/mol. The lowest BCUT2D eigenvalue weighted by Gasteiger charge is -1.87. The van der Waals surface area contributed by atoms with E-state index in [1.807, 2.05) is 0 Å². The Morgan fingerprint density at radius 2 is 2.11 bits per heavy atom. The molecule has 0 saturated heterocycles. The number of Topliss-reactive ketones (excluding diaryl/α,β-unsaturated/α-hetero) is 1. The molecule has 2 N–H and O–H groups in total. The number of hydrogen-bond acceptors (Lipinski definition) is 3. The van der Waals surface area contributed by atoms with Crippen LogP contribution in [0.25, 0.3) is 0 Å². The summed E-state index contributed by atoms with van der Waals surface area (Å²) in [5.41, 5.74) is 0. The third kappa shape index (κ3) is 4.87. The standard InChI is InChI=1S/C6H10N2O/c7-4-2-1-3-6(9)5-8/h4-5,7-8H,1-3H2. The summed E-state index contributed by atoms with van der Waals surface area (Å²) in [4.78, 5) is 10.4. The lowest BCUT2D eigenvalue weighted by Crippen LogP contribution is -1.96. The molecule has 0 fully saturated rings. The summed E-state index contributed by atoms with van der Waals surface area (Å²) in [6, 6.07) is 0. The summed E-state index contributed by atoms with van der Waals surface area (Å²) in [7, 11) is 0. The van der Waals surface area contributed by atoms with Crippen LogP contribution >= 0.6 is 0 Å². The van der Waals surface area contributed by atoms with E-state index in [0.29, 0.717) is 19.3 Å². The van der Waals surface area contributed by atoms with Crippen LogP contribution in [0.5, 0.6) is 0 Å². The molecule has 0 aliphatic heterocycles. The summed E-state index contributed by atoms with van der Waals surface area (Å²) in [6.45, 7) is 0. The minimum Gasteiger partial charge on any atom is -0.313 e. The number of hydrogen-bond donors (Lipinski definition) is 2. The molecule has 0 aromatic carbocycles. The van der Waals surface area contributed by atoms with E-state index in [4.69, 9.17) is 10.8 Å². The van der Waals surface area contributed by atoms with Gasteiger partial charge in [-0.05, 0) is 19.1 Å². The molecule has 0 saturated carbocycles. The van der Waals surface area contributed by atoms with Crippen molar-refractivity contribution in [1.29, 1.82) is 10.8 Å². The third-order valence-corrected chi connectivity index (χ3v) is 0.933. The number of carbonyl (C=O) groups excluding carboxylic acids is 1. The second-order valence-corrected chi connectivity index (χ2v) is 1.71. The van der Waals surface area contributed by atoms with Crippen molar-refractivity contribution in [2.75, 3.05) is 0 Å². The van der Waals surface area contributed by atoms with E-state index < -0.39 is 0 Å². The summed E-state index contributed by atoms with van der Waals surface area (Å²) < 4.78 is 0. The fourth-order valence-corrected chi connectivity index (χ4v) is 0.451. The van der Waals surface area contributed by atoms with Crippen LogP contribution in [0.4, 0.5) is 0 Å². The SMILES string of the molecule is N=CCCCC(=O)C=N. The van der Waals surface area contributed by atoms with Gasteiger partial charge in [-0.3, -0.25) is 4.79 Å². The molecular weight excluding hydrogens is 116 g/mol. The fraction of sp³-hybridized carbons (Fsp3) is 0.500. The quantitative estimate of drug-likeness (QED) is 0.419. The summed E-state index contributed by atoms with van der Waals surface area (Å²) >= 11 is 0. The molecule has 0 heterocycles. The summed E-state index contributed by atoms with van der Waals surface area (Å²) in [6.07, 6.45) is 3.83. The molecule has 0 radical (unpaired) electrons. The Kier molecular flexibility index (Phi) is 4.59. The van der Waals surface area contributed by atoms with Gasteiger partial charge in [0, 0.05) is 6.42 Å². The Morgan fingerprint density at radius 1 is 1.44 bits per heavy atom. The van der Waals surface area contributed by atoms with Gasteiger partial charge in [0.1, 0.15) is 0 Å². The van der Waals surface area contributed by atoms with Crippen LogP contribution < -0.4 is 0 Å². The first kappa shape index (κ1) is 8.01. The van der Waals surface area contributed by atoms with Crippen LogP contribution in [0.15, 0.2) is 0 Å². The second kappa shape index (κ2) is 5.15. The highest BCUT2D eigenvalue weighted by molar-refractivity contribution is 6.26. The largest absolute Gasteiger partial charge is 0.313 e. The van der Waals surface area contributed by atoms with E-state index in [-0.39, 0.29) is 5.78 Å². The molecule has 0 aromatic heterocycles. The van der Waals surface area contributed by atoms with E-state index in [9.17, 15) is 4.79 Å².